The van der Waals surface area contributed by atoms with E-state index in [1.165, 1.54) is 25.8 Å². The van der Waals surface area contributed by atoms with Crippen LogP contribution in [-0.2, 0) is 81.7 Å². The van der Waals surface area contributed by atoms with Gasteiger partial charge in [-0.05, 0) is 96.5 Å². The Morgan fingerprint density at radius 3 is 1.45 bits per heavy atom. The number of nitrogens with zero attached hydrogens (tertiary/aromatic N) is 2. The van der Waals surface area contributed by atoms with Crippen LogP contribution in [0.1, 0.15) is 91.9 Å². The molecule has 0 radical (unpaired) electrons. The molecule has 0 bridgehead atoms. The zero-order chi connectivity index (χ0) is 71.8. The van der Waals surface area contributed by atoms with Crippen molar-refractivity contribution in [3.8, 4) is 0 Å². The monoisotopic (exact) mass is 1370 g/mol. The third kappa shape index (κ3) is 22.0. The first-order valence-electron chi connectivity index (χ1n) is 34.0. The number of carbonyl (C=O) groups is 9. The van der Waals surface area contributed by atoms with Crippen molar-refractivity contribution < 1.29 is 43.2 Å². The minimum absolute atomic E-state index is 0.0124. The first kappa shape index (κ1) is 73.8. The molecular weight excluding hydrogens is 1280 g/mol. The van der Waals surface area contributed by atoms with Gasteiger partial charge in [0.25, 0.3) is 0 Å². The van der Waals surface area contributed by atoms with E-state index in [1.807, 2.05) is 109 Å². The Kier molecular flexibility index (Phi) is 26.6. The van der Waals surface area contributed by atoms with Crippen molar-refractivity contribution in [1.82, 2.24) is 61.8 Å². The number of rotatable bonds is 42. The molecule has 0 unspecified atom stereocenters. The number of benzene rings is 5. The summed E-state index contributed by atoms with van der Waals surface area (Å²) in [5, 5.41) is 36.4. The van der Waals surface area contributed by atoms with Gasteiger partial charge in [0.15, 0.2) is 35.1 Å². The maximum atomic E-state index is 15.3. The van der Waals surface area contributed by atoms with E-state index in [1.54, 1.807) is 30.7 Å². The Balaban J connectivity index is 0.984. The minimum Gasteiger partial charge on any atom is -0.370 e. The molecule has 0 spiro atoms. The summed E-state index contributed by atoms with van der Waals surface area (Å²) in [6.45, 7) is 1.20. The number of guanidine groups is 2. The van der Waals surface area contributed by atoms with Crippen LogP contribution in [0.2, 0.25) is 0 Å². The van der Waals surface area contributed by atoms with Crippen molar-refractivity contribution in [2.45, 2.75) is 121 Å². The number of ketones is 5. The number of para-hydroxylation sites is 2. The van der Waals surface area contributed by atoms with Gasteiger partial charge in [-0.2, -0.15) is 0 Å². The summed E-state index contributed by atoms with van der Waals surface area (Å²) in [5.74, 6) is -9.43. The number of aromatic amines is 4. The lowest BCUT2D eigenvalue weighted by Gasteiger charge is -2.26. The third-order valence-corrected chi connectivity index (χ3v) is 18.3. The number of hydrogen-bond acceptors (Lipinski definition) is 14. The van der Waals surface area contributed by atoms with Gasteiger partial charge in [-0.1, -0.05) is 109 Å². The molecule has 4 heterocycles. The molecule has 9 aromatic rings. The largest absolute Gasteiger partial charge is 0.370 e. The van der Waals surface area contributed by atoms with Gasteiger partial charge in [-0.15, -0.1) is 0 Å². The molecule has 4 aromatic heterocycles. The van der Waals surface area contributed by atoms with Gasteiger partial charge in [0.2, 0.25) is 23.6 Å². The summed E-state index contributed by atoms with van der Waals surface area (Å²) >= 11 is 0. The molecule has 0 aliphatic heterocycles. The minimum atomic E-state index is -1.21. The van der Waals surface area contributed by atoms with Crippen LogP contribution in [0.5, 0.6) is 0 Å². The fraction of sp³-hybridized carbons (Fsp3) is 0.347. The van der Waals surface area contributed by atoms with Crippen molar-refractivity contribution in [2.24, 2.45) is 40.9 Å². The number of amides is 4. The summed E-state index contributed by atoms with van der Waals surface area (Å²) in [4.78, 5) is 151. The predicted molar refractivity (Wildman–Crippen MR) is 385 cm³/mol. The van der Waals surface area contributed by atoms with E-state index in [9.17, 15) is 24.0 Å². The van der Waals surface area contributed by atoms with Crippen LogP contribution in [0.4, 0.5) is 0 Å². The van der Waals surface area contributed by atoms with Gasteiger partial charge in [0.1, 0.15) is 5.78 Å². The molecule has 101 heavy (non-hydrogen) atoms. The zero-order valence-corrected chi connectivity index (χ0v) is 56.5. The molecule has 26 heteroatoms. The number of fused-ring (bicyclic) bond motifs is 3. The Morgan fingerprint density at radius 1 is 0.455 bits per heavy atom. The maximum Gasteiger partial charge on any atom is 0.224 e. The molecule has 0 aliphatic rings. The molecule has 0 saturated carbocycles. The first-order chi connectivity index (χ1) is 48.7. The van der Waals surface area contributed by atoms with E-state index >= 15 is 19.2 Å². The second-order valence-corrected chi connectivity index (χ2v) is 25.9. The number of hydrogen-bond donors (Lipinski definition) is 15. The number of nitrogens with two attached hydrogens (primary N) is 3. The van der Waals surface area contributed by atoms with Crippen molar-refractivity contribution in [3.05, 3.63) is 192 Å². The van der Waals surface area contributed by atoms with Crippen molar-refractivity contribution in [2.75, 3.05) is 19.6 Å². The van der Waals surface area contributed by atoms with Gasteiger partial charge in [-0.25, -0.2) is 9.97 Å². The molecule has 0 saturated heterocycles. The summed E-state index contributed by atoms with van der Waals surface area (Å²) in [6.07, 6.45) is 9.15. The highest BCUT2D eigenvalue weighted by molar-refractivity contribution is 5.98. The van der Waals surface area contributed by atoms with Gasteiger partial charge >= 0.3 is 0 Å². The summed E-state index contributed by atoms with van der Waals surface area (Å²) < 4.78 is 0. The molecule has 0 fully saturated rings. The van der Waals surface area contributed by atoms with E-state index in [-0.39, 0.29) is 115 Å². The Bertz CT molecular complexity index is 4340. The van der Waals surface area contributed by atoms with E-state index in [2.05, 4.69) is 61.8 Å². The van der Waals surface area contributed by atoms with Crippen LogP contribution < -0.4 is 49.1 Å². The van der Waals surface area contributed by atoms with Crippen LogP contribution in [0.3, 0.4) is 0 Å². The third-order valence-electron chi connectivity index (χ3n) is 18.3. The number of imidazole rings is 2. The lowest BCUT2D eigenvalue weighted by molar-refractivity contribution is -0.134. The molecule has 4 amide bonds. The van der Waals surface area contributed by atoms with Crippen LogP contribution in [0.15, 0.2) is 159 Å². The quantitative estimate of drug-likeness (QED) is 0.0131. The molecule has 26 nitrogen and oxygen atoms in total. The van der Waals surface area contributed by atoms with Gasteiger partial charge in [0.05, 0.1) is 43.4 Å². The molecule has 528 valence electrons. The zero-order valence-electron chi connectivity index (χ0n) is 56.5. The Labute approximate surface area is 584 Å². The average Bonchev–Trinajstić information content (AvgIpc) is 1.43. The highest BCUT2D eigenvalue weighted by atomic mass is 16.2. The van der Waals surface area contributed by atoms with E-state index in [0.717, 1.165) is 54.8 Å². The second-order valence-electron chi connectivity index (χ2n) is 25.9. The Morgan fingerprint density at radius 2 is 0.921 bits per heavy atom. The second kappa shape index (κ2) is 36.4. The SMILES string of the molecule is CC(=O)N[C@@H](Cc1cnc[nH]1)C(=O)C[C@H](Cc1ccccc1)C(=O)N[C@@H](CCCNC(=N)N)C(=O)C[C@@H](Cc1c[nH]c2ccccc12)C(=O)CN[C@@H](Cc1cnc[nH]1)C(=O)C[C@H](Cc1ccc2ccccc2c1)C(=O)N[C@@H](CCCNC(=N)N)C(=O)C[C@@H](Cc1c[nH]c2ccccc12)C(N)=O. The van der Waals surface area contributed by atoms with Gasteiger partial charge in [0, 0.05) is 140 Å². The summed E-state index contributed by atoms with van der Waals surface area (Å²) in [7, 11) is 0. The fourth-order valence-corrected chi connectivity index (χ4v) is 13.0. The van der Waals surface area contributed by atoms with Crippen LogP contribution in [0.25, 0.3) is 32.6 Å². The topological polar surface area (TPSA) is 441 Å². The highest BCUT2D eigenvalue weighted by Gasteiger charge is 2.36. The number of primary amides is 1. The lowest BCUT2D eigenvalue weighted by Crippen LogP contribution is -2.48. The molecule has 0 aliphatic carbocycles. The number of Topliss-reactive ketones (excluding diaryl/α,β-unsaturated/α-hetero) is 5. The maximum absolute atomic E-state index is 15.3. The molecular formula is C75H89N17O9. The number of nitrogens with one attached hydrogen (secondary N) is 12. The smallest absolute Gasteiger partial charge is 0.224 e. The van der Waals surface area contributed by atoms with Crippen molar-refractivity contribution >= 4 is 97.0 Å². The first-order valence-corrected chi connectivity index (χ1v) is 34.0. The van der Waals surface area contributed by atoms with Crippen LogP contribution in [0, 0.1) is 34.5 Å². The highest BCUT2D eigenvalue weighted by Crippen LogP contribution is 2.28. The van der Waals surface area contributed by atoms with Crippen molar-refractivity contribution in [3.63, 3.8) is 0 Å². The van der Waals surface area contributed by atoms with Crippen LogP contribution >= 0.6 is 0 Å². The molecule has 18 N–H and O–H groups in total. The van der Waals surface area contributed by atoms with E-state index in [4.69, 9.17) is 28.0 Å². The Hall–Kier alpha value is -11.4. The molecule has 8 atom stereocenters. The number of aromatic nitrogens is 6. The fourth-order valence-electron chi connectivity index (χ4n) is 13.0. The van der Waals surface area contributed by atoms with E-state index < -0.39 is 107 Å². The van der Waals surface area contributed by atoms with Gasteiger partial charge < -0.3 is 69.0 Å². The molecule has 9 rings (SSSR count). The average molecular weight is 1370 g/mol. The van der Waals surface area contributed by atoms with Crippen molar-refractivity contribution in [1.29, 1.82) is 10.8 Å². The lowest BCUT2D eigenvalue weighted by atomic mass is 9.86. The summed E-state index contributed by atoms with van der Waals surface area (Å²) in [6, 6.07) is 33.0. The molecule has 5 aromatic carbocycles. The summed E-state index contributed by atoms with van der Waals surface area (Å²) in [5.41, 5.74) is 23.0. The normalized spacial score (nSPS) is 13.8. The van der Waals surface area contributed by atoms with E-state index in [0.29, 0.717) is 11.4 Å². The number of carbonyl (C=O) groups excluding carboxylic acids is 9. The number of H-pyrrole nitrogens is 4. The van der Waals surface area contributed by atoms with Gasteiger partial charge in [-0.3, -0.25) is 54.0 Å². The standard InChI is InChI=1S/C75H89N17O9/c1-45(93)90-65(37-57-41-82-44-89-57)69(97)35-52(27-46-13-3-2-4-14-46)72(100)91-62(21-11-25-83-74(77)78)66(94)32-50(30-54-38-85-60-19-9-7-17-58(54)60)70(98)42-87-64(36-56-40-81-43-88-56)68(96)34-53(29-47-23-24-48-15-5-6-16-49(48)28-47)73(101)92-63(22-12-26-84-75(79)80)67(95)33-51(71(76)99)31-55-39-86-61-20-10-8-18-59(55)61/h2-10,13-20,23-24,28,38-41,43-44,50-53,62-65,85-87H,11-12,21-22,25-27,29-37,42H2,1H3,(H2,76,99)(H,81,88)(H,82,89)(H,90,93)(H,91,100)(H,92,101)(H4,77,78,83)(H4,79,80,84)/t50-,51-,52+,53+,62+,63+,64+,65+/m1/s1. The predicted octanol–water partition coefficient (Wildman–Crippen LogP) is 5.32. The van der Waals surface area contributed by atoms with Crippen LogP contribution in [-0.4, -0.2) is 138 Å².